The molecule has 0 aromatic carbocycles. The summed E-state index contributed by atoms with van der Waals surface area (Å²) in [7, 11) is 0. The Bertz CT molecular complexity index is 134. The Morgan fingerprint density at radius 2 is 1.73 bits per heavy atom. The number of carbonyl (C=O) groups is 1. The predicted octanol–water partition coefficient (Wildman–Crippen LogP) is 2.65. The summed E-state index contributed by atoms with van der Waals surface area (Å²) in [5, 5.41) is 0. The number of hydrogen-bond donors (Lipinski definition) is 0. The van der Waals surface area contributed by atoms with Gasteiger partial charge in [-0.05, 0) is 12.8 Å². The Morgan fingerprint density at radius 3 is 1.82 bits per heavy atom. The molecule has 0 radical (unpaired) electrons. The molecular weight excluding hydrogens is 150 g/mol. The minimum atomic E-state index is -3.16. The standard InChI is InChI=1S/C8H14F2O/c1-4-6(5-2)7(11)8(3,9)10/h6H,4-5H2,1-3H3. The molecule has 11 heavy (non-hydrogen) atoms. The van der Waals surface area contributed by atoms with Crippen LogP contribution in [-0.2, 0) is 4.79 Å². The molecule has 0 aromatic rings. The van der Waals surface area contributed by atoms with Crippen LogP contribution in [-0.4, -0.2) is 11.7 Å². The molecule has 0 aliphatic carbocycles. The van der Waals surface area contributed by atoms with Gasteiger partial charge in [-0.15, -0.1) is 0 Å². The lowest BCUT2D eigenvalue weighted by molar-refractivity contribution is -0.145. The molecule has 0 N–H and O–H groups in total. The van der Waals surface area contributed by atoms with E-state index >= 15 is 0 Å². The van der Waals surface area contributed by atoms with Gasteiger partial charge in [-0.2, -0.15) is 8.78 Å². The van der Waals surface area contributed by atoms with Crippen LogP contribution < -0.4 is 0 Å². The van der Waals surface area contributed by atoms with Gasteiger partial charge >= 0.3 is 5.92 Å². The van der Waals surface area contributed by atoms with E-state index in [1.807, 2.05) is 0 Å². The zero-order chi connectivity index (χ0) is 9.07. The molecule has 0 aromatic heterocycles. The van der Waals surface area contributed by atoms with Crippen molar-refractivity contribution in [3.8, 4) is 0 Å². The molecule has 0 heterocycles. The normalized spacial score (nSPS) is 12.2. The third kappa shape index (κ3) is 2.95. The van der Waals surface area contributed by atoms with E-state index in [-0.39, 0.29) is 0 Å². The fourth-order valence-corrected chi connectivity index (χ4v) is 1.02. The van der Waals surface area contributed by atoms with Crippen LogP contribution in [0.15, 0.2) is 0 Å². The molecule has 0 saturated heterocycles. The predicted molar refractivity (Wildman–Crippen MR) is 39.7 cm³/mol. The lowest BCUT2D eigenvalue weighted by atomic mass is 9.95. The van der Waals surface area contributed by atoms with Gasteiger partial charge in [0.1, 0.15) is 0 Å². The van der Waals surface area contributed by atoms with Crippen molar-refractivity contribution in [2.24, 2.45) is 5.92 Å². The van der Waals surface area contributed by atoms with E-state index in [1.54, 1.807) is 13.8 Å². The van der Waals surface area contributed by atoms with Crippen molar-refractivity contribution in [1.29, 1.82) is 0 Å². The third-order valence-electron chi connectivity index (χ3n) is 1.79. The first-order chi connectivity index (χ1) is 4.93. The SMILES string of the molecule is CCC(CC)C(=O)C(C)(F)F. The molecule has 0 fully saturated rings. The molecule has 3 heteroatoms. The van der Waals surface area contributed by atoms with Gasteiger partial charge in [0, 0.05) is 12.8 Å². The molecule has 1 nitrogen and oxygen atoms in total. The van der Waals surface area contributed by atoms with E-state index in [1.165, 1.54) is 0 Å². The van der Waals surface area contributed by atoms with Crippen molar-refractivity contribution in [2.45, 2.75) is 39.5 Å². The average molecular weight is 164 g/mol. The lowest BCUT2D eigenvalue weighted by Gasteiger charge is -2.15. The molecule has 0 bridgehead atoms. The molecule has 0 rings (SSSR count). The minimum Gasteiger partial charge on any atom is -0.293 e. The fraction of sp³-hybridized carbons (Fsp3) is 0.875. The molecule has 0 spiro atoms. The molecule has 0 amide bonds. The number of rotatable bonds is 4. The first kappa shape index (κ1) is 10.5. The number of alkyl halides is 2. The summed E-state index contributed by atoms with van der Waals surface area (Å²) in [6.45, 7) is 4.16. The van der Waals surface area contributed by atoms with Crippen LogP contribution in [0.25, 0.3) is 0 Å². The van der Waals surface area contributed by atoms with Gasteiger partial charge in [0.05, 0.1) is 0 Å². The molecule has 0 atom stereocenters. The highest BCUT2D eigenvalue weighted by atomic mass is 19.3. The second-order valence-electron chi connectivity index (χ2n) is 2.77. The maximum atomic E-state index is 12.4. The third-order valence-corrected chi connectivity index (χ3v) is 1.79. The number of Topliss-reactive ketones (excluding diaryl/α,β-unsaturated/α-hetero) is 1. The lowest BCUT2D eigenvalue weighted by Crippen LogP contribution is -2.30. The van der Waals surface area contributed by atoms with Crippen LogP contribution in [0.5, 0.6) is 0 Å². The van der Waals surface area contributed by atoms with Gasteiger partial charge in [-0.3, -0.25) is 4.79 Å². The van der Waals surface area contributed by atoms with Gasteiger partial charge in [0.25, 0.3) is 0 Å². The summed E-state index contributed by atoms with van der Waals surface area (Å²) >= 11 is 0. The van der Waals surface area contributed by atoms with E-state index in [9.17, 15) is 13.6 Å². The monoisotopic (exact) mass is 164 g/mol. The highest BCUT2D eigenvalue weighted by Crippen LogP contribution is 2.22. The molecule has 0 aliphatic rings. The first-order valence-corrected chi connectivity index (χ1v) is 3.85. The van der Waals surface area contributed by atoms with Gasteiger partial charge < -0.3 is 0 Å². The molecule has 0 saturated carbocycles. The minimum absolute atomic E-state index is 0.477. The van der Waals surface area contributed by atoms with Crippen LogP contribution >= 0.6 is 0 Å². The van der Waals surface area contributed by atoms with Crippen molar-refractivity contribution in [1.82, 2.24) is 0 Å². The highest BCUT2D eigenvalue weighted by Gasteiger charge is 2.35. The van der Waals surface area contributed by atoms with E-state index in [4.69, 9.17) is 0 Å². The second-order valence-corrected chi connectivity index (χ2v) is 2.77. The Hall–Kier alpha value is -0.470. The Morgan fingerprint density at radius 1 is 1.36 bits per heavy atom. The van der Waals surface area contributed by atoms with Crippen LogP contribution in [0.4, 0.5) is 8.78 Å². The first-order valence-electron chi connectivity index (χ1n) is 3.85. The van der Waals surface area contributed by atoms with Crippen LogP contribution in [0, 0.1) is 5.92 Å². The summed E-state index contributed by atoms with van der Waals surface area (Å²) in [5.74, 6) is -4.56. The number of halogens is 2. The van der Waals surface area contributed by atoms with Gasteiger partial charge in [-0.1, -0.05) is 13.8 Å². The summed E-state index contributed by atoms with van der Waals surface area (Å²) in [6, 6.07) is 0. The molecule has 0 aliphatic heterocycles. The van der Waals surface area contributed by atoms with E-state index in [2.05, 4.69) is 0 Å². The van der Waals surface area contributed by atoms with E-state index in [0.717, 1.165) is 0 Å². The number of ketones is 1. The Kier molecular flexibility index (Phi) is 3.63. The second kappa shape index (κ2) is 3.79. The molecule has 66 valence electrons. The zero-order valence-corrected chi connectivity index (χ0v) is 7.16. The van der Waals surface area contributed by atoms with Gasteiger partial charge in [-0.25, -0.2) is 0 Å². The summed E-state index contributed by atoms with van der Waals surface area (Å²) in [5.41, 5.74) is 0. The van der Waals surface area contributed by atoms with E-state index in [0.29, 0.717) is 19.8 Å². The largest absolute Gasteiger partial charge is 0.302 e. The number of hydrogen-bond acceptors (Lipinski definition) is 1. The van der Waals surface area contributed by atoms with Crippen molar-refractivity contribution in [3.05, 3.63) is 0 Å². The summed E-state index contributed by atoms with van der Waals surface area (Å²) in [4.78, 5) is 10.9. The number of carbonyl (C=O) groups excluding carboxylic acids is 1. The van der Waals surface area contributed by atoms with Gasteiger partial charge in [0.2, 0.25) is 5.78 Å². The van der Waals surface area contributed by atoms with Crippen molar-refractivity contribution in [2.75, 3.05) is 0 Å². The van der Waals surface area contributed by atoms with Crippen molar-refractivity contribution in [3.63, 3.8) is 0 Å². The fourth-order valence-electron chi connectivity index (χ4n) is 1.02. The van der Waals surface area contributed by atoms with Crippen LogP contribution in [0.3, 0.4) is 0 Å². The van der Waals surface area contributed by atoms with E-state index < -0.39 is 17.6 Å². The van der Waals surface area contributed by atoms with Crippen LogP contribution in [0.2, 0.25) is 0 Å². The summed E-state index contributed by atoms with van der Waals surface area (Å²) in [6.07, 6.45) is 0.998. The molecular formula is C8H14F2O. The van der Waals surface area contributed by atoms with Crippen molar-refractivity contribution < 1.29 is 13.6 Å². The van der Waals surface area contributed by atoms with Crippen molar-refractivity contribution >= 4 is 5.78 Å². The maximum absolute atomic E-state index is 12.4. The maximum Gasteiger partial charge on any atom is 0.302 e. The highest BCUT2D eigenvalue weighted by molar-refractivity contribution is 5.87. The zero-order valence-electron chi connectivity index (χ0n) is 7.16. The topological polar surface area (TPSA) is 17.1 Å². The summed E-state index contributed by atoms with van der Waals surface area (Å²) < 4.78 is 24.8. The van der Waals surface area contributed by atoms with Crippen LogP contribution in [0.1, 0.15) is 33.6 Å². The molecule has 0 unspecified atom stereocenters. The van der Waals surface area contributed by atoms with Gasteiger partial charge in [0.15, 0.2) is 0 Å². The average Bonchev–Trinajstić information content (AvgIpc) is 1.88. The Labute approximate surface area is 65.8 Å². The quantitative estimate of drug-likeness (QED) is 0.624. The smallest absolute Gasteiger partial charge is 0.293 e. The Balaban J connectivity index is 4.22.